The van der Waals surface area contributed by atoms with Gasteiger partial charge in [0.05, 0.1) is 19.3 Å². The summed E-state index contributed by atoms with van der Waals surface area (Å²) in [6.07, 6.45) is 0.946. The highest BCUT2D eigenvalue weighted by molar-refractivity contribution is 5.97. The summed E-state index contributed by atoms with van der Waals surface area (Å²) in [6, 6.07) is 14.2. The molecule has 2 aliphatic heterocycles. The largest absolute Gasteiger partial charge is 0.467 e. The van der Waals surface area contributed by atoms with Crippen molar-refractivity contribution in [3.05, 3.63) is 53.2 Å². The molecule has 0 spiro atoms. The SMILES string of the molecule is COc1nc2c(c(N3CCN(C(C)C)CC3)n1)CCN(c1cccc3cccc(C)c13)C2. The van der Waals surface area contributed by atoms with Gasteiger partial charge in [-0.25, -0.2) is 0 Å². The monoisotopic (exact) mass is 431 g/mol. The van der Waals surface area contributed by atoms with E-state index in [2.05, 4.69) is 71.9 Å². The van der Waals surface area contributed by atoms with E-state index in [0.717, 1.165) is 57.2 Å². The van der Waals surface area contributed by atoms with Crippen LogP contribution in [0.1, 0.15) is 30.7 Å². The molecule has 1 fully saturated rings. The molecule has 2 aromatic carbocycles. The van der Waals surface area contributed by atoms with Crippen LogP contribution in [0.4, 0.5) is 11.5 Å². The van der Waals surface area contributed by atoms with E-state index in [9.17, 15) is 0 Å². The Morgan fingerprint density at radius 2 is 1.66 bits per heavy atom. The van der Waals surface area contributed by atoms with Crippen LogP contribution in [-0.2, 0) is 13.0 Å². The lowest BCUT2D eigenvalue weighted by atomic mass is 9.99. The second-order valence-corrected chi connectivity index (χ2v) is 9.20. The van der Waals surface area contributed by atoms with Crippen LogP contribution < -0.4 is 14.5 Å². The van der Waals surface area contributed by atoms with Crippen LogP contribution in [0.3, 0.4) is 0 Å². The zero-order valence-corrected chi connectivity index (χ0v) is 19.6. The maximum absolute atomic E-state index is 5.52. The number of methoxy groups -OCH3 is 1. The van der Waals surface area contributed by atoms with E-state index in [0.29, 0.717) is 12.1 Å². The molecule has 0 unspecified atom stereocenters. The highest BCUT2D eigenvalue weighted by Gasteiger charge is 2.28. The second kappa shape index (κ2) is 8.58. The van der Waals surface area contributed by atoms with Gasteiger partial charge in [-0.15, -0.1) is 0 Å². The maximum Gasteiger partial charge on any atom is 0.318 e. The normalized spacial score (nSPS) is 17.2. The summed E-state index contributed by atoms with van der Waals surface area (Å²) in [5.41, 5.74) is 4.98. The van der Waals surface area contributed by atoms with E-state index in [4.69, 9.17) is 14.7 Å². The molecular weight excluding hydrogens is 398 g/mol. The van der Waals surface area contributed by atoms with Gasteiger partial charge in [0.15, 0.2) is 0 Å². The first-order valence-corrected chi connectivity index (χ1v) is 11.7. The Labute approximate surface area is 190 Å². The molecule has 1 saturated heterocycles. The van der Waals surface area contributed by atoms with Crippen molar-refractivity contribution in [2.24, 2.45) is 0 Å². The Kier molecular flexibility index (Phi) is 5.64. The number of piperazine rings is 1. The molecule has 6 nitrogen and oxygen atoms in total. The summed E-state index contributed by atoms with van der Waals surface area (Å²) >= 11 is 0. The van der Waals surface area contributed by atoms with Crippen LogP contribution in [0.15, 0.2) is 36.4 Å². The van der Waals surface area contributed by atoms with Gasteiger partial charge in [0.2, 0.25) is 0 Å². The highest BCUT2D eigenvalue weighted by atomic mass is 16.5. The first-order chi connectivity index (χ1) is 15.5. The zero-order chi connectivity index (χ0) is 22.2. The molecule has 3 aromatic rings. The Balaban J connectivity index is 1.48. The standard InChI is InChI=1S/C26H33N5O/c1-18(2)29-13-15-30(16-14-29)25-21-11-12-31(17-22(21)27-26(28-25)32-4)23-10-6-9-20-8-5-7-19(3)24(20)23/h5-10,18H,11-17H2,1-4H3. The van der Waals surface area contributed by atoms with Gasteiger partial charge >= 0.3 is 6.01 Å². The number of ether oxygens (including phenoxy) is 1. The van der Waals surface area contributed by atoms with Crippen molar-refractivity contribution in [1.29, 1.82) is 0 Å². The Hall–Kier alpha value is -2.86. The van der Waals surface area contributed by atoms with Crippen molar-refractivity contribution < 1.29 is 4.74 Å². The Bertz CT molecular complexity index is 1120. The number of anilines is 2. The third-order valence-corrected chi connectivity index (χ3v) is 6.98. The van der Waals surface area contributed by atoms with E-state index in [1.807, 2.05) is 0 Å². The lowest BCUT2D eigenvalue weighted by molar-refractivity contribution is 0.208. The summed E-state index contributed by atoms with van der Waals surface area (Å²) in [6.45, 7) is 12.6. The fourth-order valence-corrected chi connectivity index (χ4v) is 5.17. The molecule has 0 radical (unpaired) electrons. The van der Waals surface area contributed by atoms with Gasteiger partial charge in [0.1, 0.15) is 5.82 Å². The van der Waals surface area contributed by atoms with Crippen molar-refractivity contribution in [2.45, 2.75) is 39.8 Å². The molecule has 0 N–H and O–H groups in total. The number of fused-ring (bicyclic) bond motifs is 2. The number of rotatable bonds is 4. The van der Waals surface area contributed by atoms with Crippen molar-refractivity contribution >= 4 is 22.3 Å². The predicted octanol–water partition coefficient (Wildman–Crippen LogP) is 4.04. The number of hydrogen-bond donors (Lipinski definition) is 0. The van der Waals surface area contributed by atoms with E-state index >= 15 is 0 Å². The van der Waals surface area contributed by atoms with Crippen LogP contribution in [0.25, 0.3) is 10.8 Å². The topological polar surface area (TPSA) is 44.7 Å². The van der Waals surface area contributed by atoms with Crippen molar-refractivity contribution in [1.82, 2.24) is 14.9 Å². The number of benzene rings is 2. The van der Waals surface area contributed by atoms with Gasteiger partial charge in [-0.1, -0.05) is 30.3 Å². The number of aryl methyl sites for hydroxylation is 1. The molecule has 6 heteroatoms. The third kappa shape index (κ3) is 3.77. The first-order valence-electron chi connectivity index (χ1n) is 11.7. The summed E-state index contributed by atoms with van der Waals surface area (Å²) in [4.78, 5) is 17.0. The molecule has 32 heavy (non-hydrogen) atoms. The van der Waals surface area contributed by atoms with Crippen LogP contribution in [-0.4, -0.2) is 60.7 Å². The Morgan fingerprint density at radius 1 is 0.906 bits per heavy atom. The van der Waals surface area contributed by atoms with Gasteiger partial charge in [-0.05, 0) is 44.2 Å². The zero-order valence-electron chi connectivity index (χ0n) is 19.6. The van der Waals surface area contributed by atoms with Crippen molar-refractivity contribution in [2.75, 3.05) is 49.6 Å². The van der Waals surface area contributed by atoms with Crippen LogP contribution in [0, 0.1) is 6.92 Å². The van der Waals surface area contributed by atoms with Crippen LogP contribution in [0.5, 0.6) is 6.01 Å². The van der Waals surface area contributed by atoms with Gasteiger partial charge in [0.25, 0.3) is 0 Å². The molecule has 0 bridgehead atoms. The quantitative estimate of drug-likeness (QED) is 0.621. The van der Waals surface area contributed by atoms with Gasteiger partial charge in [-0.3, -0.25) is 4.90 Å². The molecule has 0 amide bonds. The minimum atomic E-state index is 0.473. The highest BCUT2D eigenvalue weighted by Crippen LogP contribution is 2.35. The smallest absolute Gasteiger partial charge is 0.318 e. The maximum atomic E-state index is 5.52. The van der Waals surface area contributed by atoms with Gasteiger partial charge in [-0.2, -0.15) is 9.97 Å². The summed E-state index contributed by atoms with van der Waals surface area (Å²) < 4.78 is 5.52. The lowest BCUT2D eigenvalue weighted by Gasteiger charge is -2.39. The fraction of sp³-hybridized carbons (Fsp3) is 0.462. The molecule has 3 heterocycles. The first kappa shape index (κ1) is 21.0. The number of hydrogen-bond acceptors (Lipinski definition) is 6. The Morgan fingerprint density at radius 3 is 2.38 bits per heavy atom. The minimum absolute atomic E-state index is 0.473. The molecule has 0 aliphatic carbocycles. The second-order valence-electron chi connectivity index (χ2n) is 9.20. The molecule has 0 atom stereocenters. The van der Waals surface area contributed by atoms with Crippen LogP contribution in [0.2, 0.25) is 0 Å². The average molecular weight is 432 g/mol. The number of nitrogens with zero attached hydrogens (tertiary/aromatic N) is 5. The fourth-order valence-electron chi connectivity index (χ4n) is 5.17. The molecule has 0 saturated carbocycles. The third-order valence-electron chi connectivity index (χ3n) is 6.98. The van der Waals surface area contributed by atoms with Crippen molar-refractivity contribution in [3.8, 4) is 6.01 Å². The summed E-state index contributed by atoms with van der Waals surface area (Å²) in [5, 5.41) is 2.63. The average Bonchev–Trinajstić information content (AvgIpc) is 2.83. The van der Waals surface area contributed by atoms with Crippen LogP contribution >= 0.6 is 0 Å². The van der Waals surface area contributed by atoms with Crippen molar-refractivity contribution in [3.63, 3.8) is 0 Å². The summed E-state index contributed by atoms with van der Waals surface area (Å²) in [7, 11) is 1.66. The molecule has 2 aliphatic rings. The summed E-state index contributed by atoms with van der Waals surface area (Å²) in [5.74, 6) is 1.07. The minimum Gasteiger partial charge on any atom is -0.467 e. The number of aromatic nitrogens is 2. The molecule has 5 rings (SSSR count). The molecular formula is C26H33N5O. The predicted molar refractivity (Wildman–Crippen MR) is 131 cm³/mol. The lowest BCUT2D eigenvalue weighted by Crippen LogP contribution is -2.49. The van der Waals surface area contributed by atoms with E-state index in [1.165, 1.54) is 27.6 Å². The van der Waals surface area contributed by atoms with E-state index in [-0.39, 0.29) is 0 Å². The molecule has 168 valence electrons. The van der Waals surface area contributed by atoms with E-state index in [1.54, 1.807) is 7.11 Å². The van der Waals surface area contributed by atoms with E-state index < -0.39 is 0 Å². The van der Waals surface area contributed by atoms with Gasteiger partial charge in [0, 0.05) is 55.4 Å². The van der Waals surface area contributed by atoms with Gasteiger partial charge < -0.3 is 14.5 Å². The molecule has 1 aromatic heterocycles.